The molecule has 0 saturated heterocycles. The molecule has 2 nitrogen and oxygen atoms in total. The van der Waals surface area contributed by atoms with Crippen LogP contribution in [0.15, 0.2) is 48.5 Å². The Morgan fingerprint density at radius 3 is 1.15 bits per heavy atom. The van der Waals surface area contributed by atoms with E-state index < -0.39 is 12.7 Å². The summed E-state index contributed by atoms with van der Waals surface area (Å²) in [6, 6.07) is 17.8. The van der Waals surface area contributed by atoms with Crippen LogP contribution in [0, 0.1) is 6.42 Å². The molecule has 5 heteroatoms. The Morgan fingerprint density at radius 1 is 0.676 bits per heavy atom. The summed E-state index contributed by atoms with van der Waals surface area (Å²) < 4.78 is -0.426. The van der Waals surface area contributed by atoms with Crippen LogP contribution in [0.5, 0.6) is 0 Å². The van der Waals surface area contributed by atoms with Crippen LogP contribution >= 0.6 is 7.92 Å². The van der Waals surface area contributed by atoms with Gasteiger partial charge in [0.1, 0.15) is 0 Å². The van der Waals surface area contributed by atoms with Crippen molar-refractivity contribution in [3.8, 4) is 0 Å². The van der Waals surface area contributed by atoms with Gasteiger partial charge < -0.3 is 28.8 Å². The molecular weight excluding hydrogens is 498 g/mol. The number of rotatable bonds is 6. The minimum atomic E-state index is -0.804. The fraction of sp³-hybridized carbons (Fsp3) is 0.552. The Bertz CT molecular complexity index is 769. The molecule has 0 amide bonds. The minimum absolute atomic E-state index is 0. The molecule has 2 aromatic carbocycles. The van der Waals surface area contributed by atoms with E-state index in [1.54, 1.807) is 0 Å². The monoisotopic (exact) mass is 545 g/mol. The van der Waals surface area contributed by atoms with Crippen LogP contribution in [0.3, 0.4) is 0 Å². The van der Waals surface area contributed by atoms with Gasteiger partial charge in [0.25, 0.3) is 0 Å². The number of hydrogen-bond donors (Lipinski definition) is 0. The molecule has 0 atom stereocenters. The van der Waals surface area contributed by atoms with Crippen LogP contribution in [0.25, 0.3) is 0 Å². The summed E-state index contributed by atoms with van der Waals surface area (Å²) in [7, 11) is 7.51. The maximum Gasteiger partial charge on any atom is 2.00 e. The summed E-state index contributed by atoms with van der Waals surface area (Å²) in [5.74, 6) is 0. The van der Waals surface area contributed by atoms with E-state index in [4.69, 9.17) is 12.6 Å². The Kier molecular flexibility index (Phi) is 13.3. The second-order valence-electron chi connectivity index (χ2n) is 11.4. The molecule has 0 spiro atoms. The van der Waals surface area contributed by atoms with Crippen molar-refractivity contribution >= 4 is 31.9 Å². The molecular formula is C29H48N2NiPS+. The molecule has 194 valence electrons. The second-order valence-corrected chi connectivity index (χ2v) is 16.4. The van der Waals surface area contributed by atoms with E-state index in [1.807, 2.05) is 20.3 Å². The third-order valence-electron chi connectivity index (χ3n) is 5.94. The molecule has 2 aromatic rings. The molecule has 34 heavy (non-hydrogen) atoms. The maximum absolute atomic E-state index is 6.57. The van der Waals surface area contributed by atoms with Gasteiger partial charge in [0, 0.05) is 53.6 Å². The van der Waals surface area contributed by atoms with Crippen molar-refractivity contribution in [2.24, 2.45) is 0 Å². The first-order valence-electron chi connectivity index (χ1n) is 11.9. The van der Waals surface area contributed by atoms with E-state index in [9.17, 15) is 0 Å². The molecule has 0 bridgehead atoms. The zero-order chi connectivity index (χ0) is 25.6. The summed E-state index contributed by atoms with van der Waals surface area (Å²) in [4.78, 5) is 4.28. The van der Waals surface area contributed by atoms with Crippen LogP contribution in [0.4, 0.5) is 11.4 Å². The smallest absolute Gasteiger partial charge is 0.773 e. The van der Waals surface area contributed by atoms with Crippen molar-refractivity contribution < 1.29 is 16.5 Å². The molecule has 0 fully saturated rings. The average Bonchev–Trinajstić information content (AvgIpc) is 2.71. The first-order valence-corrected chi connectivity index (χ1v) is 14.1. The maximum atomic E-state index is 6.57. The van der Waals surface area contributed by atoms with Crippen molar-refractivity contribution in [3.05, 3.63) is 66.1 Å². The SMILES string of the molecule is CN(C)c1ccc(C([S-])(C[PH+](C(C)(C)C)C(C)(C)C)c2ccc(N(C)C)cc2)cc1.C[CH-]C.[Ni+2]. The van der Waals surface area contributed by atoms with Crippen LogP contribution in [-0.4, -0.2) is 44.7 Å². The van der Waals surface area contributed by atoms with Crippen LogP contribution in [0.1, 0.15) is 66.5 Å². The van der Waals surface area contributed by atoms with Crippen molar-refractivity contribution in [1.29, 1.82) is 0 Å². The molecule has 2 rings (SSSR count). The molecule has 0 aromatic heterocycles. The van der Waals surface area contributed by atoms with Crippen LogP contribution < -0.4 is 9.80 Å². The molecule has 0 aliphatic heterocycles. The van der Waals surface area contributed by atoms with Gasteiger partial charge in [-0.1, -0.05) is 40.1 Å². The van der Waals surface area contributed by atoms with Crippen molar-refractivity contribution in [2.45, 2.75) is 70.4 Å². The zero-order valence-electron chi connectivity index (χ0n) is 23.5. The largest absolute Gasteiger partial charge is 2.00 e. The predicted octanol–water partition coefficient (Wildman–Crippen LogP) is 7.65. The van der Waals surface area contributed by atoms with E-state index in [-0.39, 0.29) is 26.8 Å². The molecule has 0 radical (unpaired) electrons. The van der Waals surface area contributed by atoms with E-state index >= 15 is 0 Å². The minimum Gasteiger partial charge on any atom is -0.773 e. The average molecular weight is 546 g/mol. The predicted molar refractivity (Wildman–Crippen MR) is 158 cm³/mol. The van der Waals surface area contributed by atoms with Gasteiger partial charge in [0.15, 0.2) is 0 Å². The third kappa shape index (κ3) is 9.07. The fourth-order valence-corrected chi connectivity index (χ4v) is 9.25. The van der Waals surface area contributed by atoms with Gasteiger partial charge in [0.2, 0.25) is 0 Å². The molecule has 0 aliphatic rings. The van der Waals surface area contributed by atoms with Gasteiger partial charge in [-0.05, 0) is 65.8 Å². The van der Waals surface area contributed by atoms with E-state index in [0.717, 1.165) is 6.16 Å². The summed E-state index contributed by atoms with van der Waals surface area (Å²) >= 11 is 6.57. The number of nitrogens with zero attached hydrogens (tertiary/aromatic N) is 2. The first-order chi connectivity index (χ1) is 15.1. The van der Waals surface area contributed by atoms with Gasteiger partial charge >= 0.3 is 16.5 Å². The van der Waals surface area contributed by atoms with Crippen molar-refractivity contribution in [1.82, 2.24) is 0 Å². The summed E-state index contributed by atoms with van der Waals surface area (Å²) in [6.07, 6.45) is 3.03. The Morgan fingerprint density at radius 2 is 0.941 bits per heavy atom. The van der Waals surface area contributed by atoms with Crippen LogP contribution in [-0.2, 0) is 33.9 Å². The van der Waals surface area contributed by atoms with E-state index in [2.05, 4.69) is 128 Å². The third-order valence-corrected chi connectivity index (χ3v) is 11.3. The molecule has 0 saturated carbocycles. The van der Waals surface area contributed by atoms with Crippen LogP contribution in [0.2, 0.25) is 0 Å². The Hall–Kier alpha value is -0.686. The molecule has 0 N–H and O–H groups in total. The molecule has 0 aliphatic carbocycles. The number of benzene rings is 2. The van der Waals surface area contributed by atoms with Gasteiger partial charge in [-0.25, -0.2) is 0 Å². The number of hydrogen-bond acceptors (Lipinski definition) is 3. The Labute approximate surface area is 228 Å². The number of anilines is 2. The van der Waals surface area contributed by atoms with Gasteiger partial charge in [0.05, 0.1) is 10.3 Å². The van der Waals surface area contributed by atoms with Crippen molar-refractivity contribution in [2.75, 3.05) is 44.2 Å². The fourth-order valence-electron chi connectivity index (χ4n) is 4.33. The van der Waals surface area contributed by atoms with E-state index in [0.29, 0.717) is 0 Å². The van der Waals surface area contributed by atoms with Gasteiger partial charge in [-0.3, -0.25) is 0 Å². The Balaban J connectivity index is 0.00000258. The summed E-state index contributed by atoms with van der Waals surface area (Å²) in [5, 5.41) is 0.528. The quantitative estimate of drug-likeness (QED) is 0.159. The molecule has 0 heterocycles. The second kappa shape index (κ2) is 13.6. The summed E-state index contributed by atoms with van der Waals surface area (Å²) in [6.45, 7) is 18.4. The zero-order valence-corrected chi connectivity index (χ0v) is 26.3. The van der Waals surface area contributed by atoms with Gasteiger partial charge in [-0.2, -0.15) is 13.8 Å². The van der Waals surface area contributed by atoms with Gasteiger partial charge in [-0.15, -0.1) is 0 Å². The standard InChI is InChI=1S/C26H41N2PS.C3H7.Ni/c1-24(2,3)29(25(4,5)6)19-26(30,20-11-15-22(16-12-20)27(7)8)21-13-17-23(18-14-21)28(9)10;1-3-2;/h11-18,30H,19H2,1-10H3;3H,1-2H3;/q;-1;+2. The first kappa shape index (κ1) is 33.3. The molecule has 0 unspecified atom stereocenters. The summed E-state index contributed by atoms with van der Waals surface area (Å²) in [5.41, 5.74) is 4.88. The van der Waals surface area contributed by atoms with Crippen molar-refractivity contribution in [3.63, 3.8) is 0 Å². The topological polar surface area (TPSA) is 6.48 Å². The normalized spacial score (nSPS) is 11.9. The van der Waals surface area contributed by atoms with E-state index in [1.165, 1.54) is 22.5 Å².